The first kappa shape index (κ1) is 16.3. The van der Waals surface area contributed by atoms with Crippen LogP contribution in [0, 0.1) is 5.92 Å². The molecular formula is C17H24N6O2. The summed E-state index contributed by atoms with van der Waals surface area (Å²) in [5, 5.41) is 4.21. The molecule has 0 saturated carbocycles. The van der Waals surface area contributed by atoms with Gasteiger partial charge in [0.2, 0.25) is 5.95 Å². The first-order chi connectivity index (χ1) is 12.3. The summed E-state index contributed by atoms with van der Waals surface area (Å²) in [6.07, 6.45) is 6.99. The second-order valence-corrected chi connectivity index (χ2v) is 6.64. The Morgan fingerprint density at radius 3 is 2.76 bits per heavy atom. The Balaban J connectivity index is 1.35. The molecule has 2 aliphatic rings. The number of hydrogen-bond donors (Lipinski definition) is 1. The van der Waals surface area contributed by atoms with Gasteiger partial charge in [-0.25, -0.2) is 4.68 Å². The third kappa shape index (κ3) is 3.91. The van der Waals surface area contributed by atoms with E-state index in [4.69, 9.17) is 15.2 Å². The Labute approximate surface area is 146 Å². The fraction of sp³-hybridized carbons (Fsp3) is 0.588. The average molecular weight is 344 g/mol. The van der Waals surface area contributed by atoms with Gasteiger partial charge in [0.15, 0.2) is 5.82 Å². The van der Waals surface area contributed by atoms with E-state index in [0.717, 1.165) is 58.0 Å². The molecule has 0 spiro atoms. The van der Waals surface area contributed by atoms with Gasteiger partial charge in [0.25, 0.3) is 0 Å². The summed E-state index contributed by atoms with van der Waals surface area (Å²) in [4.78, 5) is 10.9. The zero-order valence-corrected chi connectivity index (χ0v) is 14.3. The zero-order valence-electron chi connectivity index (χ0n) is 14.3. The summed E-state index contributed by atoms with van der Waals surface area (Å²) in [6, 6.07) is 3.79. The van der Waals surface area contributed by atoms with Crippen molar-refractivity contribution in [2.75, 3.05) is 43.5 Å². The zero-order chi connectivity index (χ0) is 17.1. The van der Waals surface area contributed by atoms with E-state index in [1.807, 2.05) is 18.3 Å². The smallest absolute Gasteiger partial charge is 0.224 e. The predicted octanol–water partition coefficient (Wildman–Crippen LogP) is 1.27. The van der Waals surface area contributed by atoms with Crippen molar-refractivity contribution in [1.29, 1.82) is 0 Å². The van der Waals surface area contributed by atoms with Crippen molar-refractivity contribution < 1.29 is 9.47 Å². The molecule has 4 rings (SSSR count). The molecule has 4 heterocycles. The molecule has 1 atom stereocenters. The van der Waals surface area contributed by atoms with Crippen LogP contribution in [-0.4, -0.2) is 58.8 Å². The molecule has 8 nitrogen and oxygen atoms in total. The van der Waals surface area contributed by atoms with E-state index in [0.29, 0.717) is 17.8 Å². The molecule has 2 aromatic heterocycles. The van der Waals surface area contributed by atoms with Gasteiger partial charge in [0, 0.05) is 44.1 Å². The normalized spacial score (nSPS) is 21.8. The van der Waals surface area contributed by atoms with Gasteiger partial charge in [0.1, 0.15) is 5.82 Å². The quantitative estimate of drug-likeness (QED) is 0.873. The van der Waals surface area contributed by atoms with E-state index in [1.54, 1.807) is 10.9 Å². The van der Waals surface area contributed by atoms with Gasteiger partial charge >= 0.3 is 0 Å². The molecule has 2 fully saturated rings. The number of anilines is 2. The molecule has 2 saturated heterocycles. The van der Waals surface area contributed by atoms with Gasteiger partial charge in [-0.15, -0.1) is 0 Å². The van der Waals surface area contributed by atoms with Gasteiger partial charge < -0.3 is 20.1 Å². The maximum atomic E-state index is 6.08. The average Bonchev–Trinajstić information content (AvgIpc) is 3.33. The minimum Gasteiger partial charge on any atom is -0.381 e. The Kier molecular flexibility index (Phi) is 4.80. The fourth-order valence-electron chi connectivity index (χ4n) is 3.36. The third-order valence-electron chi connectivity index (χ3n) is 4.81. The van der Waals surface area contributed by atoms with Crippen LogP contribution in [0.4, 0.5) is 11.8 Å². The Morgan fingerprint density at radius 1 is 1.20 bits per heavy atom. The van der Waals surface area contributed by atoms with Crippen molar-refractivity contribution in [3.8, 4) is 5.82 Å². The minimum absolute atomic E-state index is 0.266. The highest BCUT2D eigenvalue weighted by atomic mass is 16.5. The first-order valence-corrected chi connectivity index (χ1v) is 8.87. The Morgan fingerprint density at radius 2 is 2.04 bits per heavy atom. The van der Waals surface area contributed by atoms with Crippen LogP contribution in [0.5, 0.6) is 0 Å². The van der Waals surface area contributed by atoms with Crippen LogP contribution in [0.3, 0.4) is 0 Å². The van der Waals surface area contributed by atoms with E-state index in [2.05, 4.69) is 20.0 Å². The van der Waals surface area contributed by atoms with E-state index in [1.165, 1.54) is 0 Å². The standard InChI is InChI=1S/C17H24N6O2/c18-17-20-15(10-16(21-17)23-6-1-5-19-23)22-7-2-14(3-8-22)25-12-13-4-9-24-11-13/h1,5-6,10,13-14H,2-4,7-9,11-12H2,(H2,18,20,21). The molecule has 0 amide bonds. The molecule has 8 heteroatoms. The lowest BCUT2D eigenvalue weighted by Gasteiger charge is -2.33. The largest absolute Gasteiger partial charge is 0.381 e. The maximum absolute atomic E-state index is 6.08. The first-order valence-electron chi connectivity index (χ1n) is 8.87. The molecule has 0 aromatic carbocycles. The lowest BCUT2D eigenvalue weighted by atomic mass is 10.1. The van der Waals surface area contributed by atoms with Crippen LogP contribution < -0.4 is 10.6 Å². The highest BCUT2D eigenvalue weighted by Gasteiger charge is 2.24. The maximum Gasteiger partial charge on any atom is 0.224 e. The molecule has 1 unspecified atom stereocenters. The summed E-state index contributed by atoms with van der Waals surface area (Å²) >= 11 is 0. The van der Waals surface area contributed by atoms with Crippen molar-refractivity contribution in [1.82, 2.24) is 19.7 Å². The highest BCUT2D eigenvalue weighted by molar-refractivity contribution is 5.48. The fourth-order valence-corrected chi connectivity index (χ4v) is 3.36. The number of nitrogen functional groups attached to an aromatic ring is 1. The molecule has 2 N–H and O–H groups in total. The number of nitrogens with zero attached hydrogens (tertiary/aromatic N) is 5. The number of rotatable bonds is 5. The van der Waals surface area contributed by atoms with Crippen molar-refractivity contribution >= 4 is 11.8 Å². The summed E-state index contributed by atoms with van der Waals surface area (Å²) in [7, 11) is 0. The molecule has 0 bridgehead atoms. The van der Waals surface area contributed by atoms with Gasteiger partial charge in [-0.2, -0.15) is 15.1 Å². The van der Waals surface area contributed by atoms with E-state index >= 15 is 0 Å². The second-order valence-electron chi connectivity index (χ2n) is 6.64. The van der Waals surface area contributed by atoms with Crippen LogP contribution >= 0.6 is 0 Å². The van der Waals surface area contributed by atoms with Gasteiger partial charge in [-0.3, -0.25) is 0 Å². The highest BCUT2D eigenvalue weighted by Crippen LogP contribution is 2.23. The SMILES string of the molecule is Nc1nc(N2CCC(OCC3CCOC3)CC2)cc(-n2cccn2)n1. The summed E-state index contributed by atoms with van der Waals surface area (Å²) in [5.74, 6) is 2.37. The molecule has 134 valence electrons. The molecule has 25 heavy (non-hydrogen) atoms. The van der Waals surface area contributed by atoms with Gasteiger partial charge in [0.05, 0.1) is 19.3 Å². The molecule has 2 aliphatic heterocycles. The topological polar surface area (TPSA) is 91.3 Å². The molecule has 0 aliphatic carbocycles. The third-order valence-corrected chi connectivity index (χ3v) is 4.81. The Bertz CT molecular complexity index is 678. The number of aromatic nitrogens is 4. The number of piperidine rings is 1. The summed E-state index contributed by atoms with van der Waals surface area (Å²) in [6.45, 7) is 4.34. The van der Waals surface area contributed by atoms with Crippen molar-refractivity contribution in [2.45, 2.75) is 25.4 Å². The van der Waals surface area contributed by atoms with Crippen molar-refractivity contribution in [3.63, 3.8) is 0 Å². The van der Waals surface area contributed by atoms with Gasteiger partial charge in [-0.05, 0) is 25.3 Å². The van der Waals surface area contributed by atoms with Crippen molar-refractivity contribution in [3.05, 3.63) is 24.5 Å². The van der Waals surface area contributed by atoms with Crippen LogP contribution in [0.2, 0.25) is 0 Å². The minimum atomic E-state index is 0.266. The van der Waals surface area contributed by atoms with Crippen LogP contribution in [0.1, 0.15) is 19.3 Å². The lowest BCUT2D eigenvalue weighted by molar-refractivity contribution is 0.0131. The lowest BCUT2D eigenvalue weighted by Crippen LogP contribution is -2.38. The predicted molar refractivity (Wildman–Crippen MR) is 93.7 cm³/mol. The van der Waals surface area contributed by atoms with Crippen LogP contribution in [-0.2, 0) is 9.47 Å². The van der Waals surface area contributed by atoms with Crippen LogP contribution in [0.25, 0.3) is 5.82 Å². The van der Waals surface area contributed by atoms with Crippen molar-refractivity contribution in [2.24, 2.45) is 5.92 Å². The van der Waals surface area contributed by atoms with E-state index in [9.17, 15) is 0 Å². The summed E-state index contributed by atoms with van der Waals surface area (Å²) < 4.78 is 13.2. The van der Waals surface area contributed by atoms with Gasteiger partial charge in [-0.1, -0.05) is 0 Å². The second kappa shape index (κ2) is 7.37. The van der Waals surface area contributed by atoms with E-state index in [-0.39, 0.29) is 5.95 Å². The molecular weight excluding hydrogens is 320 g/mol. The number of nitrogens with two attached hydrogens (primary N) is 1. The Hall–Kier alpha value is -2.19. The van der Waals surface area contributed by atoms with Crippen LogP contribution in [0.15, 0.2) is 24.5 Å². The number of hydrogen-bond acceptors (Lipinski definition) is 7. The number of ether oxygens (including phenoxy) is 2. The monoisotopic (exact) mass is 344 g/mol. The molecule has 2 aromatic rings. The summed E-state index contributed by atoms with van der Waals surface area (Å²) in [5.41, 5.74) is 5.89. The van der Waals surface area contributed by atoms with E-state index < -0.39 is 0 Å². The molecule has 0 radical (unpaired) electrons.